The Kier molecular flexibility index (Phi) is 5.59. The number of hydrogen-bond donors (Lipinski definition) is 1. The molecule has 18 heavy (non-hydrogen) atoms. The molecule has 0 aromatic rings. The third kappa shape index (κ3) is 3.22. The van der Waals surface area contributed by atoms with Crippen molar-refractivity contribution in [1.29, 1.82) is 0 Å². The summed E-state index contributed by atoms with van der Waals surface area (Å²) in [5.41, 5.74) is 0. The third-order valence-corrected chi connectivity index (χ3v) is 3.86. The van der Waals surface area contributed by atoms with Crippen molar-refractivity contribution >= 4 is 12.2 Å². The molecule has 1 rings (SSSR count). The van der Waals surface area contributed by atoms with Gasteiger partial charge in [0.05, 0.1) is 13.1 Å². The quantitative estimate of drug-likeness (QED) is 0.733. The van der Waals surface area contributed by atoms with E-state index >= 15 is 0 Å². The largest absolute Gasteiger partial charge is 0.347 e. The maximum absolute atomic E-state index is 12.3. The maximum atomic E-state index is 12.3. The lowest BCUT2D eigenvalue weighted by Crippen LogP contribution is -3.13. The lowest BCUT2D eigenvalue weighted by molar-refractivity contribution is -0.905. The molecule has 0 saturated heterocycles. The molecule has 2 atom stereocenters. The molecule has 1 aliphatic heterocycles. The molecule has 1 heterocycles. The summed E-state index contributed by atoms with van der Waals surface area (Å²) < 4.78 is 0. The number of rotatable bonds is 6. The standard InChI is InChI=1S/C13H26N4O/c1-6-11(4)16-9-14-17(13(18)12(16)5)10-15(7-2)8-3/h9,11-12H,6-8,10H2,1-5H3/p+1/t11-,12-/m1/s1. The predicted octanol–water partition coefficient (Wildman–Crippen LogP) is 0.143. The van der Waals surface area contributed by atoms with Crippen molar-refractivity contribution in [3.05, 3.63) is 0 Å². The average molecular weight is 255 g/mol. The third-order valence-electron chi connectivity index (χ3n) is 3.86. The molecule has 5 heteroatoms. The maximum Gasteiger partial charge on any atom is 0.269 e. The van der Waals surface area contributed by atoms with Gasteiger partial charge in [-0.1, -0.05) is 6.92 Å². The molecular formula is C13H27N4O+. The summed E-state index contributed by atoms with van der Waals surface area (Å²) in [4.78, 5) is 15.7. The van der Waals surface area contributed by atoms with Gasteiger partial charge in [-0.05, 0) is 34.1 Å². The Morgan fingerprint density at radius 2 is 2.00 bits per heavy atom. The van der Waals surface area contributed by atoms with Crippen LogP contribution in [0.4, 0.5) is 0 Å². The van der Waals surface area contributed by atoms with Gasteiger partial charge in [-0.2, -0.15) is 10.1 Å². The van der Waals surface area contributed by atoms with E-state index in [0.29, 0.717) is 12.7 Å². The summed E-state index contributed by atoms with van der Waals surface area (Å²) in [6.07, 6.45) is 2.84. The predicted molar refractivity (Wildman–Crippen MR) is 73.3 cm³/mol. The Morgan fingerprint density at radius 1 is 1.39 bits per heavy atom. The molecule has 1 aliphatic rings. The molecule has 0 aliphatic carbocycles. The molecule has 104 valence electrons. The van der Waals surface area contributed by atoms with Crippen molar-refractivity contribution < 1.29 is 9.69 Å². The molecule has 0 spiro atoms. The zero-order valence-corrected chi connectivity index (χ0v) is 12.3. The Morgan fingerprint density at radius 3 is 2.50 bits per heavy atom. The SMILES string of the molecule is CC[C@@H](C)N1C=NN(C[NH+](CC)CC)C(=O)[C@H]1C. The van der Waals surface area contributed by atoms with Crippen molar-refractivity contribution in [2.24, 2.45) is 5.10 Å². The summed E-state index contributed by atoms with van der Waals surface area (Å²) in [7, 11) is 0. The first-order valence-corrected chi connectivity index (χ1v) is 7.01. The molecule has 5 nitrogen and oxygen atoms in total. The van der Waals surface area contributed by atoms with Gasteiger partial charge in [-0.25, -0.2) is 0 Å². The number of carbonyl (C=O) groups excluding carboxylic acids is 1. The molecule has 0 aromatic heterocycles. The highest BCUT2D eigenvalue weighted by atomic mass is 16.2. The van der Waals surface area contributed by atoms with E-state index in [2.05, 4.69) is 37.7 Å². The fourth-order valence-electron chi connectivity index (χ4n) is 2.13. The van der Waals surface area contributed by atoms with Crippen LogP contribution in [0.1, 0.15) is 41.0 Å². The lowest BCUT2D eigenvalue weighted by atomic mass is 10.1. The van der Waals surface area contributed by atoms with Gasteiger partial charge in [0.2, 0.25) is 0 Å². The first-order valence-electron chi connectivity index (χ1n) is 7.01. The summed E-state index contributed by atoms with van der Waals surface area (Å²) in [5.74, 6) is 0.109. The molecule has 0 unspecified atom stereocenters. The number of hydrazone groups is 1. The van der Waals surface area contributed by atoms with Crippen molar-refractivity contribution in [3.8, 4) is 0 Å². The summed E-state index contributed by atoms with van der Waals surface area (Å²) in [6.45, 7) is 13.2. The van der Waals surface area contributed by atoms with Crippen molar-refractivity contribution in [2.45, 2.75) is 53.1 Å². The topological polar surface area (TPSA) is 40.4 Å². The zero-order chi connectivity index (χ0) is 13.7. The molecular weight excluding hydrogens is 228 g/mol. The van der Waals surface area contributed by atoms with Gasteiger partial charge < -0.3 is 9.80 Å². The van der Waals surface area contributed by atoms with E-state index in [1.165, 1.54) is 4.90 Å². The highest BCUT2D eigenvalue weighted by Gasteiger charge is 2.32. The average Bonchev–Trinajstić information content (AvgIpc) is 2.39. The molecule has 1 amide bonds. The smallest absolute Gasteiger partial charge is 0.269 e. The summed E-state index contributed by atoms with van der Waals surface area (Å²) in [6, 6.07) is 0.253. The fraction of sp³-hybridized carbons (Fsp3) is 0.846. The van der Waals surface area contributed by atoms with Gasteiger partial charge in [-0.15, -0.1) is 0 Å². The first-order chi connectivity index (χ1) is 8.54. The monoisotopic (exact) mass is 255 g/mol. The highest BCUT2D eigenvalue weighted by molar-refractivity contribution is 5.86. The molecule has 0 fully saturated rings. The fourth-order valence-corrected chi connectivity index (χ4v) is 2.13. The van der Waals surface area contributed by atoms with Crippen LogP contribution in [0.2, 0.25) is 0 Å². The Balaban J connectivity index is 2.72. The zero-order valence-electron chi connectivity index (χ0n) is 12.3. The normalized spacial score (nSPS) is 21.9. The van der Waals surface area contributed by atoms with Crippen LogP contribution in [-0.4, -0.2) is 54.0 Å². The van der Waals surface area contributed by atoms with E-state index in [4.69, 9.17) is 0 Å². The Hall–Kier alpha value is -1.10. The number of carbonyl (C=O) groups is 1. The molecule has 1 N–H and O–H groups in total. The number of nitrogens with zero attached hydrogens (tertiary/aromatic N) is 3. The second-order valence-corrected chi connectivity index (χ2v) is 4.96. The van der Waals surface area contributed by atoms with Crippen LogP contribution in [-0.2, 0) is 4.79 Å². The van der Waals surface area contributed by atoms with E-state index in [9.17, 15) is 4.79 Å². The van der Waals surface area contributed by atoms with Crippen LogP contribution in [0.5, 0.6) is 0 Å². The molecule has 0 aromatic carbocycles. The van der Waals surface area contributed by atoms with Gasteiger partial charge >= 0.3 is 0 Å². The Labute approximate surface area is 110 Å². The van der Waals surface area contributed by atoms with E-state index < -0.39 is 0 Å². The van der Waals surface area contributed by atoms with E-state index in [1.54, 1.807) is 5.01 Å². The highest BCUT2D eigenvalue weighted by Crippen LogP contribution is 2.13. The molecule has 0 bridgehead atoms. The van der Waals surface area contributed by atoms with Crippen molar-refractivity contribution in [1.82, 2.24) is 9.91 Å². The van der Waals surface area contributed by atoms with E-state index in [-0.39, 0.29) is 11.9 Å². The lowest BCUT2D eigenvalue weighted by Gasteiger charge is -2.37. The second-order valence-electron chi connectivity index (χ2n) is 4.96. The van der Waals surface area contributed by atoms with Gasteiger partial charge in [0.1, 0.15) is 12.4 Å². The van der Waals surface area contributed by atoms with Gasteiger partial charge in [-0.3, -0.25) is 4.79 Å². The minimum Gasteiger partial charge on any atom is -0.347 e. The number of nitrogens with one attached hydrogen (secondary N) is 1. The second kappa shape index (κ2) is 6.73. The first kappa shape index (κ1) is 15.0. The van der Waals surface area contributed by atoms with Crippen LogP contribution < -0.4 is 4.90 Å². The van der Waals surface area contributed by atoms with E-state index in [0.717, 1.165) is 19.5 Å². The molecule has 0 saturated carbocycles. The minimum atomic E-state index is -0.104. The number of hydrogen-bond acceptors (Lipinski definition) is 3. The summed E-state index contributed by atoms with van der Waals surface area (Å²) in [5, 5.41) is 5.93. The van der Waals surface area contributed by atoms with Crippen LogP contribution in [0.3, 0.4) is 0 Å². The molecule has 0 radical (unpaired) electrons. The van der Waals surface area contributed by atoms with Crippen LogP contribution in [0.25, 0.3) is 0 Å². The van der Waals surface area contributed by atoms with Crippen molar-refractivity contribution in [3.63, 3.8) is 0 Å². The minimum absolute atomic E-state index is 0.104. The van der Waals surface area contributed by atoms with Gasteiger partial charge in [0, 0.05) is 6.04 Å². The van der Waals surface area contributed by atoms with Gasteiger partial charge in [0.25, 0.3) is 5.91 Å². The number of amides is 1. The van der Waals surface area contributed by atoms with Crippen LogP contribution >= 0.6 is 0 Å². The van der Waals surface area contributed by atoms with E-state index in [1.807, 2.05) is 13.3 Å². The Bertz CT molecular complexity index is 301. The van der Waals surface area contributed by atoms with Crippen LogP contribution in [0, 0.1) is 0 Å². The number of quaternary nitrogens is 1. The van der Waals surface area contributed by atoms with Crippen molar-refractivity contribution in [2.75, 3.05) is 19.8 Å². The van der Waals surface area contributed by atoms with Crippen LogP contribution in [0.15, 0.2) is 5.10 Å². The van der Waals surface area contributed by atoms with Gasteiger partial charge in [0.15, 0.2) is 6.67 Å². The summed E-state index contributed by atoms with van der Waals surface area (Å²) >= 11 is 0.